The maximum Gasteiger partial charge on any atom is 0.221 e. The number of carbonyl (C=O) groups is 1. The van der Waals surface area contributed by atoms with Crippen LogP contribution in [-0.4, -0.2) is 42.4 Å². The van der Waals surface area contributed by atoms with Crippen molar-refractivity contribution in [2.75, 3.05) is 18.9 Å². The Labute approximate surface area is 196 Å². The van der Waals surface area contributed by atoms with Gasteiger partial charge in [-0.1, -0.05) is 42.5 Å². The molecule has 2 unspecified atom stereocenters. The van der Waals surface area contributed by atoms with Crippen molar-refractivity contribution >= 4 is 41.5 Å². The van der Waals surface area contributed by atoms with Gasteiger partial charge < -0.3 is 16.0 Å². The fourth-order valence-electron chi connectivity index (χ4n) is 3.78. The van der Waals surface area contributed by atoms with Crippen molar-refractivity contribution in [3.05, 3.63) is 65.7 Å². The molecule has 3 rings (SSSR count). The normalized spacial score (nSPS) is 19.1. The van der Waals surface area contributed by atoms with Gasteiger partial charge in [0.2, 0.25) is 5.91 Å². The number of carbonyl (C=O) groups excluding carboxylic acids is 1. The third-order valence-electron chi connectivity index (χ3n) is 5.20. The Kier molecular flexibility index (Phi) is 9.58. The number of likely N-dealkylation sites (tertiary alicyclic amines) is 1. The van der Waals surface area contributed by atoms with E-state index in [0.29, 0.717) is 18.6 Å². The molecule has 0 aromatic heterocycles. The van der Waals surface area contributed by atoms with Gasteiger partial charge >= 0.3 is 0 Å². The van der Waals surface area contributed by atoms with E-state index in [1.54, 1.807) is 7.05 Å². The van der Waals surface area contributed by atoms with Crippen LogP contribution in [-0.2, 0) is 17.9 Å². The maximum absolute atomic E-state index is 11.2. The second-order valence-electron chi connectivity index (χ2n) is 7.65. The van der Waals surface area contributed by atoms with Gasteiger partial charge in [0.05, 0.1) is 0 Å². The molecular formula is C23H32IN5O. The molecule has 2 aromatic rings. The summed E-state index contributed by atoms with van der Waals surface area (Å²) in [7, 11) is 1.79. The molecule has 162 valence electrons. The van der Waals surface area contributed by atoms with Crippen molar-refractivity contribution in [3.63, 3.8) is 0 Å². The molecule has 0 saturated carbocycles. The van der Waals surface area contributed by atoms with E-state index in [0.717, 1.165) is 36.7 Å². The first-order chi connectivity index (χ1) is 14.0. The smallest absolute Gasteiger partial charge is 0.221 e. The largest absolute Gasteiger partial charge is 0.352 e. The zero-order chi connectivity index (χ0) is 20.6. The lowest BCUT2D eigenvalue weighted by atomic mass is 10.2. The molecule has 2 atom stereocenters. The molecule has 0 aliphatic carbocycles. The molecule has 0 radical (unpaired) electrons. The molecule has 1 aliphatic rings. The van der Waals surface area contributed by atoms with E-state index >= 15 is 0 Å². The Morgan fingerprint density at radius 3 is 2.57 bits per heavy atom. The summed E-state index contributed by atoms with van der Waals surface area (Å²) in [5.74, 6) is 0.733. The molecule has 30 heavy (non-hydrogen) atoms. The lowest BCUT2D eigenvalue weighted by molar-refractivity contribution is -0.114. The molecule has 1 heterocycles. The molecular weight excluding hydrogens is 489 g/mol. The van der Waals surface area contributed by atoms with Gasteiger partial charge in [0, 0.05) is 51.4 Å². The number of anilines is 1. The van der Waals surface area contributed by atoms with Crippen molar-refractivity contribution in [2.45, 2.75) is 45.4 Å². The van der Waals surface area contributed by atoms with Crippen LogP contribution in [0.15, 0.2) is 59.6 Å². The van der Waals surface area contributed by atoms with Crippen molar-refractivity contribution < 1.29 is 4.79 Å². The summed E-state index contributed by atoms with van der Waals surface area (Å²) in [5.41, 5.74) is 3.24. The number of amides is 1. The van der Waals surface area contributed by atoms with Gasteiger partial charge in [0.15, 0.2) is 5.96 Å². The monoisotopic (exact) mass is 521 g/mol. The highest BCUT2D eigenvalue weighted by molar-refractivity contribution is 14.0. The van der Waals surface area contributed by atoms with Crippen LogP contribution < -0.4 is 16.0 Å². The van der Waals surface area contributed by atoms with E-state index in [4.69, 9.17) is 0 Å². The van der Waals surface area contributed by atoms with Crippen molar-refractivity contribution in [1.29, 1.82) is 0 Å². The predicted octanol–water partition coefficient (Wildman–Crippen LogP) is 3.59. The van der Waals surface area contributed by atoms with Gasteiger partial charge in [-0.15, -0.1) is 24.0 Å². The Hall–Kier alpha value is -2.13. The number of aliphatic imine (C=N–C) groups is 1. The number of nitrogens with one attached hydrogen (secondary N) is 3. The maximum atomic E-state index is 11.2. The molecule has 1 amide bonds. The Balaban J connectivity index is 0.00000320. The van der Waals surface area contributed by atoms with Crippen molar-refractivity contribution in [3.8, 4) is 0 Å². The summed E-state index contributed by atoms with van der Waals surface area (Å²) in [5, 5.41) is 9.75. The fourth-order valence-corrected chi connectivity index (χ4v) is 3.78. The molecule has 0 spiro atoms. The molecule has 6 nitrogen and oxygen atoms in total. The highest BCUT2D eigenvalue weighted by Crippen LogP contribution is 2.20. The lowest BCUT2D eigenvalue weighted by Gasteiger charge is -2.21. The Morgan fingerprint density at radius 1 is 1.13 bits per heavy atom. The molecule has 1 saturated heterocycles. The second-order valence-corrected chi connectivity index (χ2v) is 7.65. The first kappa shape index (κ1) is 24.1. The lowest BCUT2D eigenvalue weighted by Crippen LogP contribution is -2.44. The Morgan fingerprint density at radius 2 is 1.87 bits per heavy atom. The van der Waals surface area contributed by atoms with Gasteiger partial charge in [0.1, 0.15) is 0 Å². The van der Waals surface area contributed by atoms with E-state index in [9.17, 15) is 4.79 Å². The summed E-state index contributed by atoms with van der Waals surface area (Å²) in [6.07, 6.45) is 1.09. The average molecular weight is 521 g/mol. The summed E-state index contributed by atoms with van der Waals surface area (Å²) in [4.78, 5) is 18.1. The average Bonchev–Trinajstić information content (AvgIpc) is 3.04. The first-order valence-electron chi connectivity index (χ1n) is 10.1. The Bertz CT molecular complexity index is 842. The number of hydrogen-bond donors (Lipinski definition) is 3. The standard InChI is InChI=1S/C23H31N5O.HI/c1-17-12-22(16-28(17)15-19-8-5-4-6-9-19)27-23(24-3)25-14-20-10-7-11-21(13-20)26-18(2)29;/h4-11,13,17,22H,12,14-16H2,1-3H3,(H,26,29)(H2,24,25,27);1H. The van der Waals surface area contributed by atoms with Crippen LogP contribution in [0.1, 0.15) is 31.4 Å². The van der Waals surface area contributed by atoms with Crippen LogP contribution in [0.5, 0.6) is 0 Å². The summed E-state index contributed by atoms with van der Waals surface area (Å²) < 4.78 is 0. The molecule has 1 fully saturated rings. The number of rotatable bonds is 6. The van der Waals surface area contributed by atoms with Crippen LogP contribution in [0.3, 0.4) is 0 Å². The van der Waals surface area contributed by atoms with Gasteiger partial charge in [0.25, 0.3) is 0 Å². The first-order valence-corrected chi connectivity index (χ1v) is 10.1. The van der Waals surface area contributed by atoms with Gasteiger partial charge in [-0.2, -0.15) is 0 Å². The molecule has 7 heteroatoms. The summed E-state index contributed by atoms with van der Waals surface area (Å²) >= 11 is 0. The van der Waals surface area contributed by atoms with Crippen LogP contribution >= 0.6 is 24.0 Å². The van der Waals surface area contributed by atoms with E-state index in [1.165, 1.54) is 12.5 Å². The van der Waals surface area contributed by atoms with Crippen LogP contribution in [0.4, 0.5) is 5.69 Å². The van der Waals surface area contributed by atoms with E-state index in [-0.39, 0.29) is 29.9 Å². The van der Waals surface area contributed by atoms with Gasteiger partial charge in [-0.3, -0.25) is 14.7 Å². The molecule has 2 aromatic carbocycles. The van der Waals surface area contributed by atoms with Crippen molar-refractivity contribution in [2.24, 2.45) is 4.99 Å². The minimum absolute atomic E-state index is 0. The zero-order valence-corrected chi connectivity index (χ0v) is 20.2. The number of benzene rings is 2. The molecule has 3 N–H and O–H groups in total. The third-order valence-corrected chi connectivity index (χ3v) is 5.20. The molecule has 0 bridgehead atoms. The molecule has 1 aliphatic heterocycles. The highest BCUT2D eigenvalue weighted by atomic mass is 127. The number of nitrogens with zero attached hydrogens (tertiary/aromatic N) is 2. The number of hydrogen-bond acceptors (Lipinski definition) is 3. The minimum atomic E-state index is -0.0667. The van der Waals surface area contributed by atoms with Gasteiger partial charge in [-0.05, 0) is 36.6 Å². The number of guanidine groups is 1. The van der Waals surface area contributed by atoms with Gasteiger partial charge in [-0.25, -0.2) is 0 Å². The minimum Gasteiger partial charge on any atom is -0.352 e. The van der Waals surface area contributed by atoms with Crippen molar-refractivity contribution in [1.82, 2.24) is 15.5 Å². The van der Waals surface area contributed by atoms with Crippen LogP contribution in [0.2, 0.25) is 0 Å². The third kappa shape index (κ3) is 7.28. The highest BCUT2D eigenvalue weighted by Gasteiger charge is 2.29. The fraction of sp³-hybridized carbons (Fsp3) is 0.391. The topological polar surface area (TPSA) is 68.8 Å². The van der Waals surface area contributed by atoms with Crippen LogP contribution in [0.25, 0.3) is 0 Å². The SMILES string of the molecule is CN=C(NCc1cccc(NC(C)=O)c1)NC1CC(C)N(Cc2ccccc2)C1.I. The van der Waals surface area contributed by atoms with Crippen LogP contribution in [0, 0.1) is 0 Å². The van der Waals surface area contributed by atoms with E-state index in [2.05, 4.69) is 63.1 Å². The second kappa shape index (κ2) is 11.9. The summed E-state index contributed by atoms with van der Waals surface area (Å²) in [6.45, 7) is 6.41. The van der Waals surface area contributed by atoms with E-state index in [1.807, 2.05) is 24.3 Å². The number of halogens is 1. The quantitative estimate of drug-likeness (QED) is 0.309. The predicted molar refractivity (Wildman–Crippen MR) is 134 cm³/mol. The zero-order valence-electron chi connectivity index (χ0n) is 17.9. The van der Waals surface area contributed by atoms with E-state index < -0.39 is 0 Å². The summed E-state index contributed by atoms with van der Waals surface area (Å²) in [6, 6.07) is 19.3.